The third kappa shape index (κ3) is 6.56. The molecule has 13 heteroatoms. The number of methoxy groups -OCH3 is 1. The van der Waals surface area contributed by atoms with Gasteiger partial charge in [0.25, 0.3) is 0 Å². The van der Waals surface area contributed by atoms with E-state index in [9.17, 15) is 19.5 Å². The van der Waals surface area contributed by atoms with E-state index in [2.05, 4.69) is 11.9 Å². The van der Waals surface area contributed by atoms with Gasteiger partial charge in [0.05, 0.1) is 32.0 Å². The van der Waals surface area contributed by atoms with Gasteiger partial charge in [0.2, 0.25) is 0 Å². The summed E-state index contributed by atoms with van der Waals surface area (Å²) in [5, 5.41) is 13.9. The number of ether oxygens (including phenoxy) is 8. The van der Waals surface area contributed by atoms with Crippen molar-refractivity contribution in [2.75, 3.05) is 13.7 Å². The third-order valence-electron chi connectivity index (χ3n) is 6.95. The smallest absolute Gasteiger partial charge is 0.467 e. The van der Waals surface area contributed by atoms with Crippen molar-refractivity contribution in [2.45, 2.75) is 88.0 Å². The minimum Gasteiger partial charge on any atom is -0.467 e. The molecule has 3 aliphatic heterocycles. The molecule has 0 spiro atoms. The molecule has 2 N–H and O–H groups in total. The first-order chi connectivity index (χ1) is 19.3. The van der Waals surface area contributed by atoms with Crippen LogP contribution in [0.5, 0.6) is 0 Å². The second-order valence-electron chi connectivity index (χ2n) is 9.56. The average Bonchev–Trinajstić information content (AvgIpc) is 3.36. The molecule has 3 aliphatic rings. The van der Waals surface area contributed by atoms with Crippen LogP contribution in [-0.2, 0) is 49.3 Å². The average molecular weight is 566 g/mol. The molecule has 40 heavy (non-hydrogen) atoms. The Kier molecular flexibility index (Phi) is 9.98. The fraction of sp³-hybridized carbons (Fsp3) is 0.593. The summed E-state index contributed by atoms with van der Waals surface area (Å²) in [7, 11) is 1.14. The Morgan fingerprint density at radius 2 is 1.90 bits per heavy atom. The van der Waals surface area contributed by atoms with E-state index in [-0.39, 0.29) is 19.3 Å². The van der Waals surface area contributed by atoms with Crippen LogP contribution in [0.4, 0.5) is 9.59 Å². The number of carbonyl (C=O) groups excluding carboxylic acids is 3. The van der Waals surface area contributed by atoms with Crippen molar-refractivity contribution in [1.29, 1.82) is 0 Å². The lowest BCUT2D eigenvalue weighted by Crippen LogP contribution is -2.65. The van der Waals surface area contributed by atoms with Crippen LogP contribution in [0.2, 0.25) is 0 Å². The quantitative estimate of drug-likeness (QED) is 0.240. The summed E-state index contributed by atoms with van der Waals surface area (Å²) in [5.41, 5.74) is 0.758. The molecule has 4 rings (SSSR count). The lowest BCUT2D eigenvalue weighted by atomic mass is 9.92. The van der Waals surface area contributed by atoms with Crippen molar-refractivity contribution in [2.24, 2.45) is 0 Å². The van der Waals surface area contributed by atoms with Gasteiger partial charge < -0.3 is 48.3 Å². The number of aliphatic hydroxyl groups excluding tert-OH is 1. The van der Waals surface area contributed by atoms with Gasteiger partial charge in [-0.3, -0.25) is 0 Å². The van der Waals surface area contributed by atoms with Gasteiger partial charge in [0.1, 0.15) is 24.9 Å². The Hall–Kier alpha value is -3.23. The molecule has 1 amide bonds. The lowest BCUT2D eigenvalue weighted by molar-refractivity contribution is -0.331. The number of alkyl carbamates (subject to hydrolysis) is 1. The lowest BCUT2D eigenvalue weighted by Gasteiger charge is -2.46. The normalized spacial score (nSPS) is 35.0. The minimum atomic E-state index is -1.61. The standard InChI is InChI=1S/C27H35NO12/c1-5-12-34-27(32)40-23-21(35-13-15-10-8-7-9-11-15)18(29)22(24(30)33-4)38-25(23)37-19-16(6-2)36-14(3)17-20(19)39-26(31)28-17/h5,7-11,14,16-23,25,29H,1,6,12-13H2,2-4H3,(H,28,31)/t14-,16?,17+,18-,19+,20?,21+,22?,23?,25+/m0/s1. The van der Waals surface area contributed by atoms with Gasteiger partial charge in [-0.2, -0.15) is 0 Å². The van der Waals surface area contributed by atoms with E-state index in [1.54, 1.807) is 19.1 Å². The van der Waals surface area contributed by atoms with Crippen LogP contribution >= 0.6 is 0 Å². The molecule has 0 aliphatic carbocycles. The van der Waals surface area contributed by atoms with Crippen LogP contribution in [0, 0.1) is 0 Å². The predicted molar refractivity (Wildman–Crippen MR) is 135 cm³/mol. The largest absolute Gasteiger partial charge is 0.509 e. The van der Waals surface area contributed by atoms with E-state index in [4.69, 9.17) is 37.9 Å². The van der Waals surface area contributed by atoms with E-state index < -0.39 is 73.3 Å². The van der Waals surface area contributed by atoms with Gasteiger partial charge in [-0.15, -0.1) is 0 Å². The van der Waals surface area contributed by atoms with Crippen LogP contribution in [-0.4, -0.2) is 98.2 Å². The Morgan fingerprint density at radius 3 is 2.58 bits per heavy atom. The second-order valence-corrected chi connectivity index (χ2v) is 9.56. The highest BCUT2D eigenvalue weighted by Crippen LogP contribution is 2.35. The number of amides is 1. The van der Waals surface area contributed by atoms with E-state index in [1.807, 2.05) is 25.1 Å². The van der Waals surface area contributed by atoms with Crippen molar-refractivity contribution in [3.8, 4) is 0 Å². The topological polar surface area (TPSA) is 157 Å². The Bertz CT molecular complexity index is 1040. The number of fused-ring (bicyclic) bond motifs is 1. The predicted octanol–water partition coefficient (Wildman–Crippen LogP) is 1.60. The van der Waals surface area contributed by atoms with Crippen LogP contribution in [0.15, 0.2) is 43.0 Å². The molecule has 0 bridgehead atoms. The van der Waals surface area contributed by atoms with E-state index in [0.29, 0.717) is 6.42 Å². The number of esters is 1. The zero-order valence-corrected chi connectivity index (χ0v) is 22.5. The van der Waals surface area contributed by atoms with Crippen molar-refractivity contribution in [3.63, 3.8) is 0 Å². The van der Waals surface area contributed by atoms with Crippen molar-refractivity contribution >= 4 is 18.2 Å². The molecule has 13 nitrogen and oxygen atoms in total. The maximum Gasteiger partial charge on any atom is 0.509 e. The second kappa shape index (κ2) is 13.4. The number of rotatable bonds is 10. The van der Waals surface area contributed by atoms with Crippen LogP contribution < -0.4 is 5.32 Å². The summed E-state index contributed by atoms with van der Waals surface area (Å²) in [6.07, 6.45) is -9.88. The van der Waals surface area contributed by atoms with Gasteiger partial charge in [-0.25, -0.2) is 14.4 Å². The van der Waals surface area contributed by atoms with Gasteiger partial charge in [-0.1, -0.05) is 49.9 Å². The van der Waals surface area contributed by atoms with E-state index in [0.717, 1.165) is 12.7 Å². The number of hydrogen-bond donors (Lipinski definition) is 2. The molecule has 3 saturated heterocycles. The summed E-state index contributed by atoms with van der Waals surface area (Å²) < 4.78 is 45.1. The van der Waals surface area contributed by atoms with Gasteiger partial charge >= 0.3 is 18.2 Å². The molecule has 10 atom stereocenters. The molecule has 1 aromatic carbocycles. The fourth-order valence-electron chi connectivity index (χ4n) is 5.00. The number of benzene rings is 1. The van der Waals surface area contributed by atoms with Gasteiger partial charge in [0.15, 0.2) is 24.6 Å². The molecule has 0 saturated carbocycles. The zero-order chi connectivity index (χ0) is 28.8. The molecule has 0 aromatic heterocycles. The van der Waals surface area contributed by atoms with Crippen molar-refractivity contribution < 1.29 is 57.4 Å². The number of nitrogens with one attached hydrogen (secondary N) is 1. The maximum atomic E-state index is 12.6. The Balaban J connectivity index is 1.66. The molecular weight excluding hydrogens is 530 g/mol. The minimum absolute atomic E-state index is 0.00137. The van der Waals surface area contributed by atoms with Crippen LogP contribution in [0.3, 0.4) is 0 Å². The zero-order valence-electron chi connectivity index (χ0n) is 22.5. The molecule has 220 valence electrons. The maximum absolute atomic E-state index is 12.6. The number of hydrogen-bond acceptors (Lipinski definition) is 12. The van der Waals surface area contributed by atoms with Crippen molar-refractivity contribution in [3.05, 3.63) is 48.6 Å². The Morgan fingerprint density at radius 1 is 1.15 bits per heavy atom. The molecule has 3 fully saturated rings. The van der Waals surface area contributed by atoms with Crippen LogP contribution in [0.25, 0.3) is 0 Å². The summed E-state index contributed by atoms with van der Waals surface area (Å²) in [4.78, 5) is 37.3. The first kappa shape index (κ1) is 29.7. The molecule has 0 radical (unpaired) electrons. The SMILES string of the molecule is C=CCOC(=O)OC1[C@H](O[C@@H]2C(CC)O[C@@H](C)[C@H]3NC(=O)OC23)OC(C(=O)OC)[C@@H](O)[C@H]1OCc1ccccc1. The highest BCUT2D eigenvalue weighted by molar-refractivity contribution is 5.75. The van der Waals surface area contributed by atoms with E-state index >= 15 is 0 Å². The van der Waals surface area contributed by atoms with Crippen molar-refractivity contribution in [1.82, 2.24) is 5.32 Å². The molecule has 1 aromatic rings. The summed E-state index contributed by atoms with van der Waals surface area (Å²) in [6.45, 7) is 7.04. The fourth-order valence-corrected chi connectivity index (χ4v) is 5.00. The summed E-state index contributed by atoms with van der Waals surface area (Å²) in [5.74, 6) is -0.894. The van der Waals surface area contributed by atoms with Crippen LogP contribution in [0.1, 0.15) is 25.8 Å². The molecular formula is C27H35NO12. The highest BCUT2D eigenvalue weighted by Gasteiger charge is 2.57. The Labute approximate surface area is 231 Å². The van der Waals surface area contributed by atoms with Gasteiger partial charge in [-0.05, 0) is 18.9 Å². The van der Waals surface area contributed by atoms with E-state index in [1.165, 1.54) is 6.08 Å². The number of carbonyl (C=O) groups is 3. The summed E-state index contributed by atoms with van der Waals surface area (Å²) >= 11 is 0. The molecule has 4 unspecified atom stereocenters. The monoisotopic (exact) mass is 565 g/mol. The summed E-state index contributed by atoms with van der Waals surface area (Å²) in [6, 6.07) is 8.55. The first-order valence-electron chi connectivity index (χ1n) is 13.1. The first-order valence-corrected chi connectivity index (χ1v) is 13.1. The highest BCUT2D eigenvalue weighted by atomic mass is 16.8. The number of aliphatic hydroxyl groups is 1. The third-order valence-corrected chi connectivity index (χ3v) is 6.95. The molecule has 3 heterocycles. The van der Waals surface area contributed by atoms with Gasteiger partial charge in [0, 0.05) is 0 Å².